The number of rotatable bonds is 11. The summed E-state index contributed by atoms with van der Waals surface area (Å²) < 4.78 is 6.09. The van der Waals surface area contributed by atoms with Crippen molar-refractivity contribution in [3.05, 3.63) is 41.4 Å². The molecule has 2 N–H and O–H groups in total. The van der Waals surface area contributed by atoms with Crippen molar-refractivity contribution < 1.29 is 14.0 Å². The van der Waals surface area contributed by atoms with Crippen LogP contribution in [-0.4, -0.2) is 29.8 Å². The molecule has 1 amide bonds. The number of benzene rings is 1. The summed E-state index contributed by atoms with van der Waals surface area (Å²) in [6.45, 7) is 3.89. The van der Waals surface area contributed by atoms with Gasteiger partial charge in [-0.2, -0.15) is 0 Å². The molecule has 6 nitrogen and oxygen atoms in total. The van der Waals surface area contributed by atoms with Crippen molar-refractivity contribution in [2.24, 2.45) is 11.3 Å². The number of amides is 1. The fraction of sp³-hybridized carbons (Fsp3) is 0.577. The molecule has 178 valence electrons. The number of nitrogens with one attached hydrogen (secondary N) is 2. The highest BCUT2D eigenvalue weighted by atomic mass is 35.5. The highest BCUT2D eigenvalue weighted by Crippen LogP contribution is 2.58. The number of carbonyl (C=O) groups is 2. The fourth-order valence-corrected chi connectivity index (χ4v) is 5.07. The third kappa shape index (κ3) is 6.04. The number of carbonyl (C=O) groups excluding carboxylic acids is 2. The third-order valence-electron chi connectivity index (χ3n) is 7.22. The molecule has 7 heteroatoms. The zero-order valence-corrected chi connectivity index (χ0v) is 20.1. The Kier molecular flexibility index (Phi) is 7.86. The molecule has 0 unspecified atom stereocenters. The maximum absolute atomic E-state index is 13.1. The van der Waals surface area contributed by atoms with E-state index >= 15 is 0 Å². The first-order valence-electron chi connectivity index (χ1n) is 12.3. The quantitative estimate of drug-likeness (QED) is 0.424. The van der Waals surface area contributed by atoms with Crippen molar-refractivity contribution in [2.45, 2.75) is 70.8 Å². The molecule has 1 saturated heterocycles. The van der Waals surface area contributed by atoms with Crippen LogP contribution >= 0.6 is 11.6 Å². The summed E-state index contributed by atoms with van der Waals surface area (Å²) in [6.07, 6.45) is 9.54. The Hall–Kier alpha value is -2.18. The van der Waals surface area contributed by atoms with E-state index in [-0.39, 0.29) is 23.3 Å². The van der Waals surface area contributed by atoms with Gasteiger partial charge in [-0.05, 0) is 74.9 Å². The van der Waals surface area contributed by atoms with Gasteiger partial charge >= 0.3 is 0 Å². The van der Waals surface area contributed by atoms with E-state index in [4.69, 9.17) is 16.0 Å². The van der Waals surface area contributed by atoms with Gasteiger partial charge in [-0.3, -0.25) is 9.59 Å². The molecule has 2 fully saturated rings. The predicted octanol–water partition coefficient (Wildman–Crippen LogP) is 5.47. The smallest absolute Gasteiger partial charge is 0.224 e. The van der Waals surface area contributed by atoms with E-state index in [1.807, 2.05) is 31.2 Å². The summed E-state index contributed by atoms with van der Waals surface area (Å²) in [5.74, 6) is 1.72. The van der Waals surface area contributed by atoms with Crippen LogP contribution in [0.4, 0.5) is 0 Å². The Balaban J connectivity index is 1.40. The molecule has 1 saturated carbocycles. The van der Waals surface area contributed by atoms with Crippen LogP contribution in [0.15, 0.2) is 34.9 Å². The van der Waals surface area contributed by atoms with Crippen LogP contribution in [0.5, 0.6) is 0 Å². The summed E-state index contributed by atoms with van der Waals surface area (Å²) in [5.41, 5.74) is 1.09. The van der Waals surface area contributed by atoms with Crippen molar-refractivity contribution in [3.8, 4) is 11.3 Å². The third-order valence-corrected chi connectivity index (χ3v) is 7.47. The van der Waals surface area contributed by atoms with Gasteiger partial charge in [0.1, 0.15) is 11.8 Å². The van der Waals surface area contributed by atoms with E-state index in [9.17, 15) is 9.59 Å². The SMILES string of the molecule is CCC(=O)CCCCC[C@H](NC(=O)[C@H]1CC12CCNCC2)c1ncc(-c2ccc(Cl)cc2)o1. The lowest BCUT2D eigenvalue weighted by atomic mass is 9.91. The lowest BCUT2D eigenvalue weighted by molar-refractivity contribution is -0.124. The molecule has 0 radical (unpaired) electrons. The topological polar surface area (TPSA) is 84.2 Å². The van der Waals surface area contributed by atoms with E-state index in [0.29, 0.717) is 35.3 Å². The number of Topliss-reactive ketones (excluding diaryl/α,β-unsaturated/α-hetero) is 1. The van der Waals surface area contributed by atoms with Crippen molar-refractivity contribution in [1.82, 2.24) is 15.6 Å². The van der Waals surface area contributed by atoms with Crippen molar-refractivity contribution >= 4 is 23.3 Å². The van der Waals surface area contributed by atoms with Crippen LogP contribution in [0.25, 0.3) is 11.3 Å². The molecule has 4 rings (SSSR count). The lowest BCUT2D eigenvalue weighted by Gasteiger charge is -2.24. The van der Waals surface area contributed by atoms with Gasteiger partial charge in [0.2, 0.25) is 11.8 Å². The molecule has 1 aliphatic carbocycles. The lowest BCUT2D eigenvalue weighted by Crippen LogP contribution is -2.35. The second-order valence-electron chi connectivity index (χ2n) is 9.49. The maximum Gasteiger partial charge on any atom is 0.224 e. The highest BCUT2D eigenvalue weighted by molar-refractivity contribution is 6.30. The van der Waals surface area contributed by atoms with Gasteiger partial charge in [0.25, 0.3) is 0 Å². The Morgan fingerprint density at radius 2 is 1.97 bits per heavy atom. The van der Waals surface area contributed by atoms with Crippen LogP contribution in [0.1, 0.15) is 76.6 Å². The largest absolute Gasteiger partial charge is 0.438 e. The Bertz CT molecular complexity index is 950. The first-order chi connectivity index (χ1) is 16.0. The molecule has 0 bridgehead atoms. The van der Waals surface area contributed by atoms with Gasteiger partial charge in [-0.15, -0.1) is 0 Å². The molecule has 33 heavy (non-hydrogen) atoms. The molecular formula is C26H34ClN3O3. The maximum atomic E-state index is 13.1. The number of hydrogen-bond acceptors (Lipinski definition) is 5. The van der Waals surface area contributed by atoms with Crippen LogP contribution in [0, 0.1) is 11.3 Å². The van der Waals surface area contributed by atoms with Crippen molar-refractivity contribution in [2.75, 3.05) is 13.1 Å². The molecule has 1 aromatic carbocycles. The number of hydrogen-bond donors (Lipinski definition) is 2. The van der Waals surface area contributed by atoms with Gasteiger partial charge in [0, 0.05) is 29.3 Å². The summed E-state index contributed by atoms with van der Waals surface area (Å²) in [4.78, 5) is 29.2. The Labute approximate surface area is 200 Å². The molecule has 2 heterocycles. The molecule has 2 aromatic rings. The van der Waals surface area contributed by atoms with E-state index in [1.165, 1.54) is 0 Å². The highest BCUT2D eigenvalue weighted by Gasteiger charge is 2.57. The van der Waals surface area contributed by atoms with Crippen LogP contribution < -0.4 is 10.6 Å². The van der Waals surface area contributed by atoms with Gasteiger partial charge in [0.15, 0.2) is 5.76 Å². The van der Waals surface area contributed by atoms with Crippen LogP contribution in [0.3, 0.4) is 0 Å². The molecule has 2 atom stereocenters. The predicted molar refractivity (Wildman–Crippen MR) is 129 cm³/mol. The van der Waals surface area contributed by atoms with Crippen molar-refractivity contribution in [3.63, 3.8) is 0 Å². The zero-order valence-electron chi connectivity index (χ0n) is 19.4. The number of piperidine rings is 1. The average molecular weight is 472 g/mol. The summed E-state index contributed by atoms with van der Waals surface area (Å²) >= 11 is 6.00. The summed E-state index contributed by atoms with van der Waals surface area (Å²) in [5, 5.41) is 7.31. The second-order valence-corrected chi connectivity index (χ2v) is 9.93. The number of nitrogens with zero attached hydrogens (tertiary/aromatic N) is 1. The fourth-order valence-electron chi connectivity index (χ4n) is 4.95. The minimum Gasteiger partial charge on any atom is -0.438 e. The molecule has 1 aliphatic heterocycles. The first-order valence-corrected chi connectivity index (χ1v) is 12.6. The molecular weight excluding hydrogens is 438 g/mol. The molecule has 1 spiro atoms. The minimum absolute atomic E-state index is 0.0926. The summed E-state index contributed by atoms with van der Waals surface area (Å²) in [6, 6.07) is 7.18. The monoisotopic (exact) mass is 471 g/mol. The van der Waals surface area contributed by atoms with Gasteiger partial charge in [0.05, 0.1) is 6.20 Å². The minimum atomic E-state index is -0.264. The van der Waals surface area contributed by atoms with Crippen LogP contribution in [-0.2, 0) is 9.59 Å². The van der Waals surface area contributed by atoms with Gasteiger partial charge in [-0.25, -0.2) is 4.98 Å². The van der Waals surface area contributed by atoms with Crippen LogP contribution in [0.2, 0.25) is 5.02 Å². The number of halogens is 1. The number of unbranched alkanes of at least 4 members (excludes halogenated alkanes) is 2. The number of oxazole rings is 1. The number of ketones is 1. The Morgan fingerprint density at radius 1 is 1.21 bits per heavy atom. The van der Waals surface area contributed by atoms with E-state index < -0.39 is 0 Å². The second kappa shape index (κ2) is 10.8. The van der Waals surface area contributed by atoms with E-state index in [1.54, 1.807) is 6.20 Å². The van der Waals surface area contributed by atoms with Gasteiger partial charge < -0.3 is 15.1 Å². The standard InChI is InChI=1S/C26H34ClN3O3/c1-2-20(31)6-4-3-5-7-22(30-24(32)21-16-26(21)12-14-28-15-13-26)25-29-17-23(33-25)18-8-10-19(27)11-9-18/h8-11,17,21-22,28H,2-7,12-16H2,1H3,(H,30,32)/t21-,22+/m1/s1. The molecule has 1 aromatic heterocycles. The Morgan fingerprint density at radius 3 is 2.70 bits per heavy atom. The number of aromatic nitrogens is 1. The summed E-state index contributed by atoms with van der Waals surface area (Å²) in [7, 11) is 0. The normalized spacial score (nSPS) is 19.9. The van der Waals surface area contributed by atoms with E-state index in [0.717, 1.165) is 63.6 Å². The average Bonchev–Trinajstić information content (AvgIpc) is 3.28. The van der Waals surface area contributed by atoms with Gasteiger partial charge in [-0.1, -0.05) is 31.4 Å². The van der Waals surface area contributed by atoms with E-state index in [2.05, 4.69) is 15.6 Å². The molecule has 2 aliphatic rings. The van der Waals surface area contributed by atoms with Crippen molar-refractivity contribution in [1.29, 1.82) is 0 Å². The first kappa shape index (κ1) is 24.0. The zero-order chi connectivity index (χ0) is 23.3.